The van der Waals surface area contributed by atoms with Crippen LogP contribution in [0.4, 0.5) is 0 Å². The van der Waals surface area contributed by atoms with E-state index in [1.807, 2.05) is 19.1 Å². The monoisotopic (exact) mass is 369 g/mol. The molecular formula is C16H21Cl2N5O. The highest BCUT2D eigenvalue weighted by Gasteiger charge is 2.27. The Balaban J connectivity index is 0.00000208. The topological polar surface area (TPSA) is 77.0 Å². The minimum absolute atomic E-state index is 0. The number of aromatic nitrogens is 3. The first kappa shape index (κ1) is 18.7. The van der Waals surface area contributed by atoms with Gasteiger partial charge in [0.15, 0.2) is 5.69 Å². The van der Waals surface area contributed by atoms with Crippen molar-refractivity contribution in [2.75, 3.05) is 13.1 Å². The molecule has 3 rings (SSSR count). The first-order chi connectivity index (χ1) is 11.1. The van der Waals surface area contributed by atoms with Crippen molar-refractivity contribution in [2.24, 2.45) is 5.73 Å². The Kier molecular flexibility index (Phi) is 6.21. The highest BCUT2D eigenvalue weighted by molar-refractivity contribution is 6.30. The van der Waals surface area contributed by atoms with E-state index in [1.165, 1.54) is 0 Å². The van der Waals surface area contributed by atoms with E-state index in [-0.39, 0.29) is 24.4 Å². The molecular weight excluding hydrogens is 349 g/mol. The molecule has 1 unspecified atom stereocenters. The fraction of sp³-hybridized carbons (Fsp3) is 0.438. The van der Waals surface area contributed by atoms with E-state index in [2.05, 4.69) is 10.3 Å². The molecule has 2 N–H and O–H groups in total. The summed E-state index contributed by atoms with van der Waals surface area (Å²) in [6, 6.07) is 7.39. The summed E-state index contributed by atoms with van der Waals surface area (Å²) in [5.41, 5.74) is 7.97. The molecule has 0 aliphatic carbocycles. The van der Waals surface area contributed by atoms with Crippen molar-refractivity contribution in [1.29, 1.82) is 0 Å². The van der Waals surface area contributed by atoms with E-state index in [9.17, 15) is 4.79 Å². The Morgan fingerprint density at radius 2 is 2.25 bits per heavy atom. The van der Waals surface area contributed by atoms with E-state index in [0.717, 1.165) is 30.8 Å². The molecule has 1 atom stereocenters. The lowest BCUT2D eigenvalue weighted by atomic mass is 10.1. The molecule has 1 aromatic heterocycles. The second-order valence-corrected chi connectivity index (χ2v) is 6.22. The van der Waals surface area contributed by atoms with Crippen LogP contribution in [0.15, 0.2) is 24.3 Å². The van der Waals surface area contributed by atoms with Crippen LogP contribution in [0.2, 0.25) is 5.02 Å². The maximum Gasteiger partial charge on any atom is 0.276 e. The number of likely N-dealkylation sites (tertiary alicyclic amines) is 1. The molecule has 130 valence electrons. The predicted molar refractivity (Wildman–Crippen MR) is 96.1 cm³/mol. The van der Waals surface area contributed by atoms with Crippen LogP contribution in [-0.4, -0.2) is 44.9 Å². The van der Waals surface area contributed by atoms with Gasteiger partial charge in [-0.15, -0.1) is 17.5 Å². The molecule has 1 aromatic carbocycles. The molecule has 8 heteroatoms. The minimum atomic E-state index is -0.0923. The van der Waals surface area contributed by atoms with Crippen LogP contribution in [0.25, 0.3) is 5.69 Å². The number of nitrogens with two attached hydrogens (primary N) is 1. The summed E-state index contributed by atoms with van der Waals surface area (Å²) < 4.78 is 1.68. The third kappa shape index (κ3) is 3.71. The van der Waals surface area contributed by atoms with Crippen LogP contribution >= 0.6 is 24.0 Å². The van der Waals surface area contributed by atoms with Gasteiger partial charge in [-0.05, 0) is 37.5 Å². The minimum Gasteiger partial charge on any atom is -0.336 e. The quantitative estimate of drug-likeness (QED) is 0.901. The summed E-state index contributed by atoms with van der Waals surface area (Å²) in [6.07, 6.45) is 2.54. The fourth-order valence-electron chi connectivity index (χ4n) is 2.94. The number of nitrogens with zero attached hydrogens (tertiary/aromatic N) is 4. The second kappa shape index (κ2) is 7.96. The van der Waals surface area contributed by atoms with Gasteiger partial charge in [0.1, 0.15) is 0 Å². The lowest BCUT2D eigenvalue weighted by Gasteiger charge is -2.30. The van der Waals surface area contributed by atoms with Gasteiger partial charge in [0, 0.05) is 24.2 Å². The van der Waals surface area contributed by atoms with Gasteiger partial charge in [-0.2, -0.15) is 0 Å². The summed E-state index contributed by atoms with van der Waals surface area (Å²) in [6.45, 7) is 3.28. The Hall–Kier alpha value is -1.63. The fourth-order valence-corrected chi connectivity index (χ4v) is 3.13. The lowest BCUT2D eigenvalue weighted by molar-refractivity contribution is 0.0701. The number of amides is 1. The highest BCUT2D eigenvalue weighted by Crippen LogP contribution is 2.20. The Morgan fingerprint density at radius 1 is 1.46 bits per heavy atom. The van der Waals surface area contributed by atoms with Crippen molar-refractivity contribution in [3.8, 4) is 5.69 Å². The van der Waals surface area contributed by atoms with Crippen molar-refractivity contribution in [1.82, 2.24) is 19.9 Å². The first-order valence-corrected chi connectivity index (χ1v) is 8.23. The van der Waals surface area contributed by atoms with Crippen LogP contribution in [-0.2, 0) is 6.42 Å². The predicted octanol–water partition coefficient (Wildman–Crippen LogP) is 2.47. The van der Waals surface area contributed by atoms with E-state index < -0.39 is 0 Å². The third-order valence-corrected chi connectivity index (χ3v) is 4.33. The van der Waals surface area contributed by atoms with E-state index in [4.69, 9.17) is 17.3 Å². The standard InChI is InChI=1S/C16H20ClN5O.ClH/c1-2-14-15(16(23)21-8-4-6-12(18)10-21)19-20-22(14)13-7-3-5-11(17)9-13;/h3,5,7,9,12H,2,4,6,8,10,18H2,1H3;1H. The van der Waals surface area contributed by atoms with Gasteiger partial charge < -0.3 is 10.6 Å². The third-order valence-electron chi connectivity index (χ3n) is 4.10. The SMILES string of the molecule is CCc1c(C(=O)N2CCCC(N)C2)nnn1-c1cccc(Cl)c1.Cl. The van der Waals surface area contributed by atoms with Crippen molar-refractivity contribution in [2.45, 2.75) is 32.2 Å². The summed E-state index contributed by atoms with van der Waals surface area (Å²) in [7, 11) is 0. The number of halogens is 2. The molecule has 6 nitrogen and oxygen atoms in total. The van der Waals surface area contributed by atoms with Crippen molar-refractivity contribution >= 4 is 29.9 Å². The smallest absolute Gasteiger partial charge is 0.276 e. The molecule has 1 aliphatic rings. The number of benzene rings is 1. The van der Waals surface area contributed by atoms with Crippen molar-refractivity contribution in [3.63, 3.8) is 0 Å². The Bertz CT molecular complexity index is 718. The van der Waals surface area contributed by atoms with Gasteiger partial charge in [-0.1, -0.05) is 29.8 Å². The average molecular weight is 370 g/mol. The van der Waals surface area contributed by atoms with Crippen molar-refractivity contribution < 1.29 is 4.79 Å². The van der Waals surface area contributed by atoms with Crippen LogP contribution in [0.1, 0.15) is 35.9 Å². The summed E-state index contributed by atoms with van der Waals surface area (Å²) >= 11 is 6.05. The number of carbonyl (C=O) groups is 1. The van der Waals surface area contributed by atoms with E-state index >= 15 is 0 Å². The van der Waals surface area contributed by atoms with Crippen LogP contribution in [0.5, 0.6) is 0 Å². The molecule has 1 saturated heterocycles. The average Bonchev–Trinajstić information content (AvgIpc) is 2.98. The largest absolute Gasteiger partial charge is 0.336 e. The second-order valence-electron chi connectivity index (χ2n) is 5.78. The summed E-state index contributed by atoms with van der Waals surface area (Å²) in [5, 5.41) is 8.91. The van der Waals surface area contributed by atoms with Gasteiger partial charge in [-0.3, -0.25) is 4.79 Å². The number of carbonyl (C=O) groups excluding carboxylic acids is 1. The molecule has 2 aromatic rings. The van der Waals surface area contributed by atoms with Gasteiger partial charge in [0.25, 0.3) is 5.91 Å². The molecule has 0 saturated carbocycles. The van der Waals surface area contributed by atoms with E-state index in [1.54, 1.807) is 21.7 Å². The van der Waals surface area contributed by atoms with Crippen molar-refractivity contribution in [3.05, 3.63) is 40.7 Å². The molecule has 24 heavy (non-hydrogen) atoms. The normalized spacial score (nSPS) is 17.5. The molecule has 0 bridgehead atoms. The number of hydrogen-bond donors (Lipinski definition) is 1. The molecule has 2 heterocycles. The molecule has 1 aliphatic heterocycles. The van der Waals surface area contributed by atoms with Crippen LogP contribution in [0, 0.1) is 0 Å². The number of piperidine rings is 1. The summed E-state index contributed by atoms with van der Waals surface area (Å²) in [4.78, 5) is 14.5. The maximum atomic E-state index is 12.8. The van der Waals surface area contributed by atoms with Gasteiger partial charge in [-0.25, -0.2) is 4.68 Å². The first-order valence-electron chi connectivity index (χ1n) is 7.85. The van der Waals surface area contributed by atoms with Crippen LogP contribution in [0.3, 0.4) is 0 Å². The van der Waals surface area contributed by atoms with Gasteiger partial charge >= 0.3 is 0 Å². The van der Waals surface area contributed by atoms with Gasteiger partial charge in [0.2, 0.25) is 0 Å². The highest BCUT2D eigenvalue weighted by atomic mass is 35.5. The number of rotatable bonds is 3. The molecule has 0 spiro atoms. The maximum absolute atomic E-state index is 12.8. The zero-order valence-electron chi connectivity index (χ0n) is 13.5. The molecule has 0 radical (unpaired) electrons. The lowest BCUT2D eigenvalue weighted by Crippen LogP contribution is -2.46. The molecule has 1 amide bonds. The zero-order valence-corrected chi connectivity index (χ0v) is 15.1. The van der Waals surface area contributed by atoms with E-state index in [0.29, 0.717) is 23.7 Å². The Morgan fingerprint density at radius 3 is 2.92 bits per heavy atom. The zero-order chi connectivity index (χ0) is 16.4. The molecule has 1 fully saturated rings. The van der Waals surface area contributed by atoms with Crippen LogP contribution < -0.4 is 5.73 Å². The van der Waals surface area contributed by atoms with Gasteiger partial charge in [0.05, 0.1) is 11.4 Å². The summed E-state index contributed by atoms with van der Waals surface area (Å²) in [5.74, 6) is -0.0923. The Labute approximate surface area is 152 Å². The number of hydrogen-bond acceptors (Lipinski definition) is 4.